The maximum absolute atomic E-state index is 12.5. The predicted octanol–water partition coefficient (Wildman–Crippen LogP) is 3.36. The van der Waals surface area contributed by atoms with E-state index in [1.54, 1.807) is 36.5 Å². The number of hydrogen-bond donors (Lipinski definition) is 1. The molecule has 1 aliphatic heterocycles. The second kappa shape index (κ2) is 7.99. The molecule has 0 aliphatic carbocycles. The van der Waals surface area contributed by atoms with Crippen LogP contribution in [0.25, 0.3) is 0 Å². The third-order valence-electron chi connectivity index (χ3n) is 4.55. The van der Waals surface area contributed by atoms with E-state index >= 15 is 0 Å². The van der Waals surface area contributed by atoms with Crippen LogP contribution in [-0.2, 0) is 4.74 Å². The molecule has 1 saturated heterocycles. The van der Waals surface area contributed by atoms with Crippen LogP contribution in [0.1, 0.15) is 40.5 Å². The summed E-state index contributed by atoms with van der Waals surface area (Å²) in [6.45, 7) is 4.17. The van der Waals surface area contributed by atoms with Gasteiger partial charge in [0.05, 0.1) is 12.7 Å². The van der Waals surface area contributed by atoms with Gasteiger partial charge in [-0.15, -0.1) is 0 Å². The Balaban J connectivity index is 1.70. The number of pyridine rings is 1. The highest BCUT2D eigenvalue weighted by molar-refractivity contribution is 6.04. The SMILES string of the molecule is COC(=O)c1ccc(NC(=O)c2ccnc(N3CCCC(C)C3)c2)cc1. The van der Waals surface area contributed by atoms with Gasteiger partial charge in [-0.3, -0.25) is 4.79 Å². The number of aromatic nitrogens is 1. The van der Waals surface area contributed by atoms with E-state index in [1.165, 1.54) is 13.5 Å². The standard InChI is InChI=1S/C20H23N3O3/c1-14-4-3-11-23(13-14)18-12-16(9-10-21-18)19(24)22-17-7-5-15(6-8-17)20(25)26-2/h5-10,12,14H,3-4,11,13H2,1-2H3,(H,22,24). The smallest absolute Gasteiger partial charge is 0.337 e. The summed E-state index contributed by atoms with van der Waals surface area (Å²) in [6.07, 6.45) is 4.05. The Morgan fingerprint density at radius 1 is 1.19 bits per heavy atom. The molecule has 1 fully saturated rings. The van der Waals surface area contributed by atoms with Crippen LogP contribution in [0.5, 0.6) is 0 Å². The third-order valence-corrected chi connectivity index (χ3v) is 4.55. The number of rotatable bonds is 4. The van der Waals surface area contributed by atoms with Crippen LogP contribution in [0.3, 0.4) is 0 Å². The van der Waals surface area contributed by atoms with Gasteiger partial charge in [-0.2, -0.15) is 0 Å². The number of methoxy groups -OCH3 is 1. The summed E-state index contributed by atoms with van der Waals surface area (Å²) in [6, 6.07) is 10.1. The lowest BCUT2D eigenvalue weighted by molar-refractivity contribution is 0.0600. The monoisotopic (exact) mass is 353 g/mol. The van der Waals surface area contributed by atoms with Gasteiger partial charge in [-0.1, -0.05) is 6.92 Å². The van der Waals surface area contributed by atoms with Crippen molar-refractivity contribution in [2.45, 2.75) is 19.8 Å². The number of carbonyl (C=O) groups is 2. The number of piperidine rings is 1. The van der Waals surface area contributed by atoms with Gasteiger partial charge in [0.25, 0.3) is 5.91 Å². The lowest BCUT2D eigenvalue weighted by Gasteiger charge is -2.31. The fourth-order valence-electron chi connectivity index (χ4n) is 3.14. The molecule has 3 rings (SSSR count). The van der Waals surface area contributed by atoms with Crippen molar-refractivity contribution in [2.75, 3.05) is 30.4 Å². The molecule has 6 heteroatoms. The molecule has 1 atom stereocenters. The van der Waals surface area contributed by atoms with Gasteiger partial charge in [0.1, 0.15) is 5.82 Å². The molecule has 1 amide bonds. The number of esters is 1. The summed E-state index contributed by atoms with van der Waals surface area (Å²) in [5.41, 5.74) is 1.62. The van der Waals surface area contributed by atoms with Crippen LogP contribution in [-0.4, -0.2) is 37.1 Å². The zero-order valence-corrected chi connectivity index (χ0v) is 15.1. The van der Waals surface area contributed by atoms with Crippen molar-refractivity contribution in [3.63, 3.8) is 0 Å². The van der Waals surface area contributed by atoms with Crippen molar-refractivity contribution >= 4 is 23.4 Å². The van der Waals surface area contributed by atoms with Crippen molar-refractivity contribution in [3.05, 3.63) is 53.7 Å². The van der Waals surface area contributed by atoms with Gasteiger partial charge in [0.15, 0.2) is 0 Å². The second-order valence-corrected chi connectivity index (χ2v) is 6.62. The van der Waals surface area contributed by atoms with E-state index in [1.807, 2.05) is 6.07 Å². The third kappa shape index (κ3) is 4.20. The van der Waals surface area contributed by atoms with E-state index in [2.05, 4.69) is 26.9 Å². The number of hydrogen-bond acceptors (Lipinski definition) is 5. The summed E-state index contributed by atoms with van der Waals surface area (Å²) in [5, 5.41) is 2.84. The summed E-state index contributed by atoms with van der Waals surface area (Å²) >= 11 is 0. The van der Waals surface area contributed by atoms with Gasteiger partial charge < -0.3 is 15.0 Å². The van der Waals surface area contributed by atoms with Gasteiger partial charge in [-0.05, 0) is 55.2 Å². The van der Waals surface area contributed by atoms with E-state index in [4.69, 9.17) is 0 Å². The summed E-state index contributed by atoms with van der Waals surface area (Å²) in [5.74, 6) is 0.864. The van der Waals surface area contributed by atoms with Crippen molar-refractivity contribution < 1.29 is 14.3 Å². The molecule has 1 aromatic carbocycles. The van der Waals surface area contributed by atoms with Crippen LogP contribution < -0.4 is 10.2 Å². The van der Waals surface area contributed by atoms with Crippen molar-refractivity contribution in [1.82, 2.24) is 4.98 Å². The molecule has 136 valence electrons. The predicted molar refractivity (Wildman–Crippen MR) is 101 cm³/mol. The Labute approximate surface area is 153 Å². The number of anilines is 2. The minimum Gasteiger partial charge on any atom is -0.465 e. The Hall–Kier alpha value is -2.89. The van der Waals surface area contributed by atoms with Crippen LogP contribution in [0.15, 0.2) is 42.6 Å². The van der Waals surface area contributed by atoms with Gasteiger partial charge in [0.2, 0.25) is 0 Å². The van der Waals surface area contributed by atoms with Gasteiger partial charge >= 0.3 is 5.97 Å². The molecule has 1 N–H and O–H groups in total. The molecule has 6 nitrogen and oxygen atoms in total. The molecular weight excluding hydrogens is 330 g/mol. The topological polar surface area (TPSA) is 71.5 Å². The Kier molecular flexibility index (Phi) is 5.51. The van der Waals surface area contributed by atoms with Crippen molar-refractivity contribution in [3.8, 4) is 0 Å². The highest BCUT2D eigenvalue weighted by Crippen LogP contribution is 2.22. The molecular formula is C20H23N3O3. The molecule has 0 bridgehead atoms. The Morgan fingerprint density at radius 3 is 2.65 bits per heavy atom. The molecule has 2 heterocycles. The number of nitrogens with zero attached hydrogens (tertiary/aromatic N) is 2. The molecule has 0 saturated carbocycles. The summed E-state index contributed by atoms with van der Waals surface area (Å²) in [4.78, 5) is 30.7. The summed E-state index contributed by atoms with van der Waals surface area (Å²) in [7, 11) is 1.34. The lowest BCUT2D eigenvalue weighted by Crippen LogP contribution is -2.34. The molecule has 2 aromatic rings. The normalized spacial score (nSPS) is 16.8. The average Bonchev–Trinajstić information content (AvgIpc) is 2.68. The zero-order valence-electron chi connectivity index (χ0n) is 15.1. The maximum Gasteiger partial charge on any atom is 0.337 e. The van der Waals surface area contributed by atoms with Crippen LogP contribution in [0, 0.1) is 5.92 Å². The highest BCUT2D eigenvalue weighted by Gasteiger charge is 2.18. The van der Waals surface area contributed by atoms with Crippen LogP contribution in [0.2, 0.25) is 0 Å². The van der Waals surface area contributed by atoms with Crippen LogP contribution >= 0.6 is 0 Å². The molecule has 1 unspecified atom stereocenters. The first-order valence-electron chi connectivity index (χ1n) is 8.77. The van der Waals surface area contributed by atoms with Crippen molar-refractivity contribution in [2.24, 2.45) is 5.92 Å². The molecule has 1 aromatic heterocycles. The minimum absolute atomic E-state index is 0.204. The maximum atomic E-state index is 12.5. The highest BCUT2D eigenvalue weighted by atomic mass is 16.5. The molecule has 0 radical (unpaired) electrons. The number of benzene rings is 1. The first-order chi connectivity index (χ1) is 12.6. The average molecular weight is 353 g/mol. The minimum atomic E-state index is -0.405. The zero-order chi connectivity index (χ0) is 18.5. The Bertz CT molecular complexity index is 789. The van der Waals surface area contributed by atoms with E-state index in [-0.39, 0.29) is 5.91 Å². The first-order valence-corrected chi connectivity index (χ1v) is 8.77. The van der Waals surface area contributed by atoms with E-state index in [9.17, 15) is 9.59 Å². The number of nitrogens with one attached hydrogen (secondary N) is 1. The molecule has 0 spiro atoms. The fraction of sp³-hybridized carbons (Fsp3) is 0.350. The summed E-state index contributed by atoms with van der Waals surface area (Å²) < 4.78 is 4.67. The quantitative estimate of drug-likeness (QED) is 0.854. The molecule has 1 aliphatic rings. The largest absolute Gasteiger partial charge is 0.465 e. The second-order valence-electron chi connectivity index (χ2n) is 6.62. The van der Waals surface area contributed by atoms with E-state index < -0.39 is 5.97 Å². The van der Waals surface area contributed by atoms with Crippen LogP contribution in [0.4, 0.5) is 11.5 Å². The first kappa shape index (κ1) is 17.9. The number of carbonyl (C=O) groups excluding carboxylic acids is 2. The van der Waals surface area contributed by atoms with Gasteiger partial charge in [-0.25, -0.2) is 9.78 Å². The fourth-order valence-corrected chi connectivity index (χ4v) is 3.14. The Morgan fingerprint density at radius 2 is 1.96 bits per heavy atom. The van der Waals surface area contributed by atoms with E-state index in [0.717, 1.165) is 25.3 Å². The van der Waals surface area contributed by atoms with E-state index in [0.29, 0.717) is 22.7 Å². The lowest BCUT2D eigenvalue weighted by atomic mass is 10.0. The van der Waals surface area contributed by atoms with Crippen molar-refractivity contribution in [1.29, 1.82) is 0 Å². The number of ether oxygens (including phenoxy) is 1. The number of amides is 1. The van der Waals surface area contributed by atoms with Gasteiger partial charge in [0, 0.05) is 30.5 Å². The molecule has 26 heavy (non-hydrogen) atoms.